The van der Waals surface area contributed by atoms with Crippen molar-refractivity contribution >= 4 is 34.8 Å². The van der Waals surface area contributed by atoms with Gasteiger partial charge < -0.3 is 20.1 Å². The Labute approximate surface area is 191 Å². The molecule has 0 aromatic heterocycles. The molecule has 0 saturated heterocycles. The van der Waals surface area contributed by atoms with E-state index >= 15 is 0 Å². The molecule has 2 N–H and O–H groups in total. The van der Waals surface area contributed by atoms with Gasteiger partial charge in [-0.25, -0.2) is 0 Å². The van der Waals surface area contributed by atoms with Gasteiger partial charge in [0.05, 0.1) is 24.2 Å². The van der Waals surface area contributed by atoms with Crippen molar-refractivity contribution in [1.29, 1.82) is 0 Å². The lowest BCUT2D eigenvalue weighted by atomic mass is 10.2. The summed E-state index contributed by atoms with van der Waals surface area (Å²) in [5, 5.41) is 17.2. The summed E-state index contributed by atoms with van der Waals surface area (Å²) in [5.41, 5.74) is 0.100. The van der Waals surface area contributed by atoms with Gasteiger partial charge in [-0.1, -0.05) is 25.4 Å². The van der Waals surface area contributed by atoms with Crippen molar-refractivity contribution in [2.24, 2.45) is 0 Å². The number of nitro groups is 1. The topological polar surface area (TPSA) is 120 Å². The van der Waals surface area contributed by atoms with Crippen molar-refractivity contribution in [2.45, 2.75) is 33.1 Å². The first-order valence-corrected chi connectivity index (χ1v) is 10.6. The van der Waals surface area contributed by atoms with E-state index in [1.165, 1.54) is 12.1 Å². The third-order valence-corrected chi connectivity index (χ3v) is 4.45. The molecule has 0 radical (unpaired) electrons. The van der Waals surface area contributed by atoms with E-state index in [-0.39, 0.29) is 36.0 Å². The minimum atomic E-state index is -0.597. The van der Waals surface area contributed by atoms with Crippen LogP contribution in [-0.4, -0.2) is 36.5 Å². The molecule has 32 heavy (non-hydrogen) atoms. The quantitative estimate of drug-likeness (QED) is 0.351. The standard InChI is InChI=1S/C22H26ClN3O6/c1-3-11-31-19-13-17(18(26(29)30)14-20(19)32-12-4-2)25-21(27)9-10-24-22(28)15-5-7-16(23)8-6-15/h5-8,13-14H,3-4,9-12H2,1-2H3,(H,24,28)(H,25,27). The van der Waals surface area contributed by atoms with Gasteiger partial charge in [-0.05, 0) is 37.1 Å². The summed E-state index contributed by atoms with van der Waals surface area (Å²) in [6.45, 7) is 4.67. The molecule has 0 spiro atoms. The zero-order valence-electron chi connectivity index (χ0n) is 18.0. The number of hydrogen-bond acceptors (Lipinski definition) is 6. The maximum Gasteiger partial charge on any atom is 0.296 e. The molecule has 0 bridgehead atoms. The minimum Gasteiger partial charge on any atom is -0.490 e. The van der Waals surface area contributed by atoms with Crippen LogP contribution in [0.4, 0.5) is 11.4 Å². The Morgan fingerprint density at radius 3 is 2.19 bits per heavy atom. The summed E-state index contributed by atoms with van der Waals surface area (Å²) >= 11 is 5.80. The van der Waals surface area contributed by atoms with E-state index in [1.807, 2.05) is 13.8 Å². The normalized spacial score (nSPS) is 10.3. The SMILES string of the molecule is CCCOc1cc(NC(=O)CCNC(=O)c2ccc(Cl)cc2)c([N+](=O)[O-])cc1OCCC. The van der Waals surface area contributed by atoms with Gasteiger partial charge in [0, 0.05) is 29.6 Å². The van der Waals surface area contributed by atoms with E-state index in [1.54, 1.807) is 24.3 Å². The first kappa shape index (κ1) is 24.9. The van der Waals surface area contributed by atoms with Gasteiger partial charge in [0.2, 0.25) is 5.91 Å². The molecule has 0 atom stereocenters. The molecule has 10 heteroatoms. The van der Waals surface area contributed by atoms with Gasteiger partial charge in [0.15, 0.2) is 11.5 Å². The first-order chi connectivity index (χ1) is 15.3. The fourth-order valence-electron chi connectivity index (χ4n) is 2.66. The molecule has 9 nitrogen and oxygen atoms in total. The predicted octanol–water partition coefficient (Wildman–Crippen LogP) is 4.58. The molecule has 0 aliphatic rings. The van der Waals surface area contributed by atoms with Crippen molar-refractivity contribution in [2.75, 3.05) is 25.1 Å². The number of nitro benzene ring substituents is 1. The summed E-state index contributed by atoms with van der Waals surface area (Å²) in [7, 11) is 0. The fourth-order valence-corrected chi connectivity index (χ4v) is 2.78. The maximum atomic E-state index is 12.4. The average Bonchev–Trinajstić information content (AvgIpc) is 2.76. The molecule has 172 valence electrons. The summed E-state index contributed by atoms with van der Waals surface area (Å²) < 4.78 is 11.2. The minimum absolute atomic E-state index is 0.000945. The molecule has 2 amide bonds. The molecular formula is C22H26ClN3O6. The number of carbonyl (C=O) groups excluding carboxylic acids is 2. The summed E-state index contributed by atoms with van der Waals surface area (Å²) in [6.07, 6.45) is 1.39. The van der Waals surface area contributed by atoms with Crippen LogP contribution in [0.3, 0.4) is 0 Å². The van der Waals surface area contributed by atoms with Crippen LogP contribution in [0.2, 0.25) is 5.02 Å². The van der Waals surface area contributed by atoms with Crippen LogP contribution in [0, 0.1) is 10.1 Å². The third-order valence-electron chi connectivity index (χ3n) is 4.20. The largest absolute Gasteiger partial charge is 0.490 e. The number of ether oxygens (including phenoxy) is 2. The number of hydrogen-bond donors (Lipinski definition) is 2. The van der Waals surface area contributed by atoms with Crippen molar-refractivity contribution in [1.82, 2.24) is 5.32 Å². The number of halogens is 1. The first-order valence-electron chi connectivity index (χ1n) is 10.3. The fraction of sp³-hybridized carbons (Fsp3) is 0.364. The Hall–Kier alpha value is -3.33. The molecule has 2 aromatic carbocycles. The van der Waals surface area contributed by atoms with Crippen LogP contribution >= 0.6 is 11.6 Å². The molecule has 0 aliphatic carbocycles. The maximum absolute atomic E-state index is 12.4. The van der Waals surface area contributed by atoms with Crippen LogP contribution in [0.5, 0.6) is 11.5 Å². The highest BCUT2D eigenvalue weighted by atomic mass is 35.5. The van der Waals surface area contributed by atoms with Gasteiger partial charge in [-0.3, -0.25) is 19.7 Å². The Balaban J connectivity index is 2.06. The lowest BCUT2D eigenvalue weighted by Gasteiger charge is -2.14. The molecule has 2 aromatic rings. The van der Waals surface area contributed by atoms with Gasteiger partial charge in [-0.2, -0.15) is 0 Å². The number of amides is 2. The number of nitrogens with one attached hydrogen (secondary N) is 2. The van der Waals surface area contributed by atoms with E-state index in [4.69, 9.17) is 21.1 Å². The Morgan fingerprint density at radius 2 is 1.62 bits per heavy atom. The monoisotopic (exact) mass is 463 g/mol. The zero-order valence-corrected chi connectivity index (χ0v) is 18.7. The molecule has 0 aliphatic heterocycles. The highest BCUT2D eigenvalue weighted by Gasteiger charge is 2.22. The van der Waals surface area contributed by atoms with Crippen LogP contribution in [-0.2, 0) is 4.79 Å². The van der Waals surface area contributed by atoms with E-state index in [2.05, 4.69) is 10.6 Å². The smallest absolute Gasteiger partial charge is 0.296 e. The number of anilines is 1. The molecule has 0 fully saturated rings. The van der Waals surface area contributed by atoms with Gasteiger partial charge in [0.1, 0.15) is 5.69 Å². The molecule has 0 saturated carbocycles. The Morgan fingerprint density at radius 1 is 1.03 bits per heavy atom. The Bertz CT molecular complexity index is 949. The van der Waals surface area contributed by atoms with Crippen LogP contribution < -0.4 is 20.1 Å². The van der Waals surface area contributed by atoms with Gasteiger partial charge in [0.25, 0.3) is 11.6 Å². The predicted molar refractivity (Wildman–Crippen MR) is 122 cm³/mol. The molecule has 2 rings (SSSR count). The van der Waals surface area contributed by atoms with Crippen LogP contribution in [0.15, 0.2) is 36.4 Å². The van der Waals surface area contributed by atoms with Crippen molar-refractivity contribution < 1.29 is 24.0 Å². The van der Waals surface area contributed by atoms with Crippen molar-refractivity contribution in [3.63, 3.8) is 0 Å². The second kappa shape index (κ2) is 12.5. The molecule has 0 heterocycles. The van der Waals surface area contributed by atoms with Gasteiger partial charge in [-0.15, -0.1) is 0 Å². The number of rotatable bonds is 12. The second-order valence-electron chi connectivity index (χ2n) is 6.83. The number of benzene rings is 2. The van der Waals surface area contributed by atoms with E-state index in [0.29, 0.717) is 29.5 Å². The van der Waals surface area contributed by atoms with Gasteiger partial charge >= 0.3 is 0 Å². The van der Waals surface area contributed by atoms with E-state index in [9.17, 15) is 19.7 Å². The lowest BCUT2D eigenvalue weighted by Crippen LogP contribution is -2.27. The molecule has 0 unspecified atom stereocenters. The van der Waals surface area contributed by atoms with Crippen molar-refractivity contribution in [3.8, 4) is 11.5 Å². The third kappa shape index (κ3) is 7.42. The van der Waals surface area contributed by atoms with E-state index in [0.717, 1.165) is 12.8 Å². The lowest BCUT2D eigenvalue weighted by molar-refractivity contribution is -0.384. The zero-order chi connectivity index (χ0) is 23.5. The second-order valence-corrected chi connectivity index (χ2v) is 7.27. The highest BCUT2D eigenvalue weighted by molar-refractivity contribution is 6.30. The van der Waals surface area contributed by atoms with Crippen molar-refractivity contribution in [3.05, 3.63) is 57.1 Å². The average molecular weight is 464 g/mol. The summed E-state index contributed by atoms with van der Waals surface area (Å²) in [5.74, 6) is -0.279. The number of carbonyl (C=O) groups is 2. The molecular weight excluding hydrogens is 438 g/mol. The van der Waals surface area contributed by atoms with E-state index < -0.39 is 10.8 Å². The van der Waals surface area contributed by atoms with Crippen LogP contribution in [0.25, 0.3) is 0 Å². The van der Waals surface area contributed by atoms with Crippen LogP contribution in [0.1, 0.15) is 43.5 Å². The summed E-state index contributed by atoms with van der Waals surface area (Å²) in [4.78, 5) is 35.4. The highest BCUT2D eigenvalue weighted by Crippen LogP contribution is 2.38. The Kier molecular flexibility index (Phi) is 9.75. The number of nitrogens with zero attached hydrogens (tertiary/aromatic N) is 1. The summed E-state index contributed by atoms with van der Waals surface area (Å²) in [6, 6.07) is 8.96.